The first-order chi connectivity index (χ1) is 4.70. The number of aliphatic hydroxyl groups is 1. The van der Waals surface area contributed by atoms with Crippen molar-refractivity contribution < 1.29 is 9.84 Å². The van der Waals surface area contributed by atoms with Gasteiger partial charge in [0.2, 0.25) is 0 Å². The van der Waals surface area contributed by atoms with E-state index < -0.39 is 6.29 Å². The molecule has 0 aliphatic carbocycles. The van der Waals surface area contributed by atoms with Gasteiger partial charge in [0.05, 0.1) is 6.10 Å². The van der Waals surface area contributed by atoms with Gasteiger partial charge in [-0.15, -0.1) is 0 Å². The monoisotopic (exact) mass is 146 g/mol. The van der Waals surface area contributed by atoms with Crippen molar-refractivity contribution in [3.8, 4) is 0 Å². The molecule has 2 nitrogen and oxygen atoms in total. The van der Waals surface area contributed by atoms with Gasteiger partial charge >= 0.3 is 0 Å². The van der Waals surface area contributed by atoms with Crippen LogP contribution >= 0.6 is 0 Å². The van der Waals surface area contributed by atoms with Crippen molar-refractivity contribution in [2.24, 2.45) is 0 Å². The number of aliphatic hydroxyl groups excluding tert-OH is 1. The smallest absolute Gasteiger partial charge is 0.154 e. The van der Waals surface area contributed by atoms with Crippen LogP contribution in [0.15, 0.2) is 0 Å². The van der Waals surface area contributed by atoms with Gasteiger partial charge < -0.3 is 9.84 Å². The van der Waals surface area contributed by atoms with E-state index in [1.807, 2.05) is 20.8 Å². The first kappa shape index (κ1) is 9.92. The molecule has 10 heavy (non-hydrogen) atoms. The summed E-state index contributed by atoms with van der Waals surface area (Å²) in [5.74, 6) is 0. The van der Waals surface area contributed by atoms with Crippen LogP contribution in [-0.4, -0.2) is 17.5 Å². The van der Waals surface area contributed by atoms with Crippen molar-refractivity contribution in [1.82, 2.24) is 0 Å². The van der Waals surface area contributed by atoms with Crippen LogP contribution in [0.2, 0.25) is 0 Å². The Kier molecular flexibility index (Phi) is 5.64. The first-order valence-electron chi connectivity index (χ1n) is 4.04. The average molecular weight is 146 g/mol. The maximum Gasteiger partial charge on any atom is 0.154 e. The van der Waals surface area contributed by atoms with Crippen molar-refractivity contribution in [3.63, 3.8) is 0 Å². The van der Waals surface area contributed by atoms with Gasteiger partial charge in [-0.25, -0.2) is 0 Å². The van der Waals surface area contributed by atoms with E-state index >= 15 is 0 Å². The molecule has 0 bridgehead atoms. The molecule has 0 aromatic rings. The summed E-state index contributed by atoms with van der Waals surface area (Å²) in [6.07, 6.45) is 2.30. The Morgan fingerprint density at radius 2 is 2.00 bits per heavy atom. The van der Waals surface area contributed by atoms with Crippen LogP contribution in [0.25, 0.3) is 0 Å². The van der Waals surface area contributed by atoms with Crippen molar-refractivity contribution in [2.45, 2.75) is 52.4 Å². The van der Waals surface area contributed by atoms with Crippen LogP contribution in [0.5, 0.6) is 0 Å². The molecule has 0 saturated heterocycles. The predicted molar refractivity (Wildman–Crippen MR) is 41.8 cm³/mol. The van der Waals surface area contributed by atoms with E-state index in [0.717, 1.165) is 19.3 Å². The standard InChI is InChI=1S/C8H18O2/c1-4-6-8(9)10-7(3)5-2/h7-9H,4-6H2,1-3H3. The number of rotatable bonds is 5. The topological polar surface area (TPSA) is 29.5 Å². The summed E-state index contributed by atoms with van der Waals surface area (Å²) < 4.78 is 5.20. The third-order valence-corrected chi connectivity index (χ3v) is 1.50. The molecule has 0 saturated carbocycles. The summed E-state index contributed by atoms with van der Waals surface area (Å²) in [7, 11) is 0. The fourth-order valence-corrected chi connectivity index (χ4v) is 0.679. The summed E-state index contributed by atoms with van der Waals surface area (Å²) in [4.78, 5) is 0. The zero-order valence-electron chi connectivity index (χ0n) is 7.13. The van der Waals surface area contributed by atoms with Crippen LogP contribution in [0, 0.1) is 0 Å². The molecule has 0 spiro atoms. The van der Waals surface area contributed by atoms with Crippen LogP contribution in [0.4, 0.5) is 0 Å². The van der Waals surface area contributed by atoms with Gasteiger partial charge in [-0.3, -0.25) is 0 Å². The van der Waals surface area contributed by atoms with Crippen molar-refractivity contribution >= 4 is 0 Å². The Labute approximate surface area is 63.2 Å². The lowest BCUT2D eigenvalue weighted by Crippen LogP contribution is -2.18. The lowest BCUT2D eigenvalue weighted by atomic mass is 10.3. The summed E-state index contributed by atoms with van der Waals surface area (Å²) in [5.41, 5.74) is 0. The quantitative estimate of drug-likeness (QED) is 0.600. The summed E-state index contributed by atoms with van der Waals surface area (Å²) >= 11 is 0. The molecule has 0 amide bonds. The summed E-state index contributed by atoms with van der Waals surface area (Å²) in [5, 5.41) is 9.13. The fourth-order valence-electron chi connectivity index (χ4n) is 0.679. The van der Waals surface area contributed by atoms with Crippen LogP contribution < -0.4 is 0 Å². The molecule has 62 valence electrons. The third kappa shape index (κ3) is 4.77. The molecule has 0 heterocycles. The molecule has 0 aliphatic heterocycles. The van der Waals surface area contributed by atoms with Crippen molar-refractivity contribution in [3.05, 3.63) is 0 Å². The fraction of sp³-hybridized carbons (Fsp3) is 1.00. The van der Waals surface area contributed by atoms with Crippen molar-refractivity contribution in [2.75, 3.05) is 0 Å². The Balaban J connectivity index is 3.27. The highest BCUT2D eigenvalue weighted by atomic mass is 16.6. The Morgan fingerprint density at radius 1 is 1.40 bits per heavy atom. The molecule has 2 heteroatoms. The molecule has 0 aliphatic rings. The Morgan fingerprint density at radius 3 is 2.40 bits per heavy atom. The number of hydrogen-bond acceptors (Lipinski definition) is 2. The molecular formula is C8H18O2. The Bertz CT molecular complexity index is 73.7. The predicted octanol–water partition coefficient (Wildman–Crippen LogP) is 1.92. The first-order valence-corrected chi connectivity index (χ1v) is 4.04. The molecule has 0 fully saturated rings. The molecule has 2 atom stereocenters. The van der Waals surface area contributed by atoms with E-state index in [-0.39, 0.29) is 6.10 Å². The van der Waals surface area contributed by atoms with Gasteiger partial charge in [0, 0.05) is 0 Å². The Hall–Kier alpha value is -0.0800. The van der Waals surface area contributed by atoms with Gasteiger partial charge in [0.25, 0.3) is 0 Å². The van der Waals surface area contributed by atoms with Gasteiger partial charge in [-0.2, -0.15) is 0 Å². The van der Waals surface area contributed by atoms with Crippen LogP contribution in [-0.2, 0) is 4.74 Å². The second-order valence-corrected chi connectivity index (χ2v) is 2.60. The zero-order valence-corrected chi connectivity index (χ0v) is 7.13. The lowest BCUT2D eigenvalue weighted by molar-refractivity contribution is -0.134. The van der Waals surface area contributed by atoms with E-state index in [2.05, 4.69) is 0 Å². The highest BCUT2D eigenvalue weighted by Crippen LogP contribution is 2.04. The van der Waals surface area contributed by atoms with Gasteiger partial charge in [-0.05, 0) is 19.8 Å². The number of ether oxygens (including phenoxy) is 1. The second-order valence-electron chi connectivity index (χ2n) is 2.60. The molecule has 0 aromatic carbocycles. The van der Waals surface area contributed by atoms with Gasteiger partial charge in [0.1, 0.15) is 0 Å². The second kappa shape index (κ2) is 5.69. The molecule has 0 rings (SSSR count). The zero-order chi connectivity index (χ0) is 7.98. The minimum absolute atomic E-state index is 0.182. The highest BCUT2D eigenvalue weighted by Gasteiger charge is 2.05. The SMILES string of the molecule is CCCC(O)OC(C)CC. The number of hydrogen-bond donors (Lipinski definition) is 1. The molecule has 1 N–H and O–H groups in total. The van der Waals surface area contributed by atoms with Gasteiger partial charge in [-0.1, -0.05) is 20.3 Å². The van der Waals surface area contributed by atoms with E-state index in [0.29, 0.717) is 0 Å². The van der Waals surface area contributed by atoms with Gasteiger partial charge in [0.15, 0.2) is 6.29 Å². The maximum atomic E-state index is 9.13. The molecule has 2 unspecified atom stereocenters. The summed E-state index contributed by atoms with van der Waals surface area (Å²) in [6.45, 7) is 6.05. The molecule has 0 aromatic heterocycles. The minimum atomic E-state index is -0.556. The maximum absolute atomic E-state index is 9.13. The summed E-state index contributed by atoms with van der Waals surface area (Å²) in [6, 6.07) is 0. The van der Waals surface area contributed by atoms with E-state index in [9.17, 15) is 0 Å². The van der Waals surface area contributed by atoms with E-state index in [1.54, 1.807) is 0 Å². The van der Waals surface area contributed by atoms with Crippen molar-refractivity contribution in [1.29, 1.82) is 0 Å². The van der Waals surface area contributed by atoms with E-state index in [4.69, 9.17) is 9.84 Å². The average Bonchev–Trinajstić information content (AvgIpc) is 1.88. The van der Waals surface area contributed by atoms with Crippen LogP contribution in [0.1, 0.15) is 40.0 Å². The molecular weight excluding hydrogens is 128 g/mol. The highest BCUT2D eigenvalue weighted by molar-refractivity contribution is 4.47. The normalized spacial score (nSPS) is 16.8. The molecule has 0 radical (unpaired) electrons. The minimum Gasteiger partial charge on any atom is -0.368 e. The lowest BCUT2D eigenvalue weighted by Gasteiger charge is -2.15. The third-order valence-electron chi connectivity index (χ3n) is 1.50. The largest absolute Gasteiger partial charge is 0.368 e. The van der Waals surface area contributed by atoms with Crippen LogP contribution in [0.3, 0.4) is 0 Å². The van der Waals surface area contributed by atoms with E-state index in [1.165, 1.54) is 0 Å².